The van der Waals surface area contributed by atoms with Crippen molar-refractivity contribution < 1.29 is 4.79 Å². The molecule has 0 aliphatic carbocycles. The Morgan fingerprint density at radius 1 is 0.905 bits per heavy atom. The van der Waals surface area contributed by atoms with Crippen LogP contribution in [0, 0.1) is 0 Å². The average molecular weight is 317 g/mol. The molecule has 0 fully saturated rings. The summed E-state index contributed by atoms with van der Waals surface area (Å²) in [6, 6.07) is 14.0. The number of carbonyl (C=O) groups is 1. The highest BCUT2D eigenvalue weighted by Crippen LogP contribution is 2.25. The van der Waals surface area contributed by atoms with Crippen LogP contribution in [0.1, 0.15) is 15.9 Å². The third-order valence-corrected chi connectivity index (χ3v) is 3.63. The van der Waals surface area contributed by atoms with E-state index < -0.39 is 0 Å². The predicted octanol–water partition coefficient (Wildman–Crippen LogP) is 4.61. The first kappa shape index (κ1) is 13.9. The second-order valence-corrected chi connectivity index (χ2v) is 5.37. The molecular weight excluding hydrogens is 307 g/mol. The van der Waals surface area contributed by atoms with Gasteiger partial charge in [-0.3, -0.25) is 9.89 Å². The van der Waals surface area contributed by atoms with Gasteiger partial charge in [-0.1, -0.05) is 35.3 Å². The van der Waals surface area contributed by atoms with E-state index in [9.17, 15) is 4.79 Å². The Hall–Kier alpha value is -2.10. The second-order valence-electron chi connectivity index (χ2n) is 4.50. The number of H-pyrrole nitrogens is 1. The average Bonchev–Trinajstić information content (AvgIpc) is 2.97. The quantitative estimate of drug-likeness (QED) is 0.717. The minimum Gasteiger partial charge on any atom is -0.288 e. The summed E-state index contributed by atoms with van der Waals surface area (Å²) in [4.78, 5) is 12.6. The van der Waals surface area contributed by atoms with Gasteiger partial charge in [-0.05, 0) is 36.4 Å². The first-order valence-electron chi connectivity index (χ1n) is 6.25. The van der Waals surface area contributed by atoms with Crippen molar-refractivity contribution in [1.29, 1.82) is 0 Å². The van der Waals surface area contributed by atoms with E-state index in [4.69, 9.17) is 23.2 Å². The van der Waals surface area contributed by atoms with Crippen LogP contribution in [0.3, 0.4) is 0 Å². The fourth-order valence-electron chi connectivity index (χ4n) is 2.05. The van der Waals surface area contributed by atoms with Gasteiger partial charge in [0, 0.05) is 21.2 Å². The number of nitrogens with zero attached hydrogens (tertiary/aromatic N) is 1. The van der Waals surface area contributed by atoms with Gasteiger partial charge in [-0.2, -0.15) is 5.10 Å². The molecular formula is C16H10Cl2N2O. The summed E-state index contributed by atoms with van der Waals surface area (Å²) < 4.78 is 0. The van der Waals surface area contributed by atoms with Gasteiger partial charge in [0.25, 0.3) is 0 Å². The Balaban J connectivity index is 2.00. The van der Waals surface area contributed by atoms with E-state index in [1.54, 1.807) is 36.4 Å². The molecule has 0 saturated carbocycles. The summed E-state index contributed by atoms with van der Waals surface area (Å²) in [7, 11) is 0. The molecule has 0 aliphatic heterocycles. The van der Waals surface area contributed by atoms with E-state index in [1.807, 2.05) is 12.1 Å². The minimum absolute atomic E-state index is 0.106. The fourth-order valence-corrected chi connectivity index (χ4v) is 2.30. The largest absolute Gasteiger partial charge is 0.288 e. The maximum absolute atomic E-state index is 12.6. The fraction of sp³-hybridized carbons (Fsp3) is 0. The van der Waals surface area contributed by atoms with Gasteiger partial charge in [0.05, 0.1) is 17.5 Å². The number of carbonyl (C=O) groups excluding carboxylic acids is 1. The number of aromatic amines is 1. The van der Waals surface area contributed by atoms with Crippen LogP contribution in [0.2, 0.25) is 10.0 Å². The molecule has 1 aromatic heterocycles. The number of rotatable bonds is 3. The van der Waals surface area contributed by atoms with Gasteiger partial charge in [0.2, 0.25) is 0 Å². The summed E-state index contributed by atoms with van der Waals surface area (Å²) in [5.74, 6) is -0.106. The highest BCUT2D eigenvalue weighted by atomic mass is 35.5. The van der Waals surface area contributed by atoms with Crippen LogP contribution in [0.15, 0.2) is 54.7 Å². The van der Waals surface area contributed by atoms with Crippen molar-refractivity contribution in [3.8, 4) is 11.3 Å². The van der Waals surface area contributed by atoms with Crippen molar-refractivity contribution in [3.63, 3.8) is 0 Å². The molecule has 1 N–H and O–H groups in total. The van der Waals surface area contributed by atoms with Gasteiger partial charge in [-0.15, -0.1) is 0 Å². The smallest absolute Gasteiger partial charge is 0.196 e. The number of nitrogens with one attached hydrogen (secondary N) is 1. The van der Waals surface area contributed by atoms with Gasteiger partial charge < -0.3 is 0 Å². The third kappa shape index (κ3) is 2.84. The molecule has 2 aromatic carbocycles. The number of ketones is 1. The zero-order valence-corrected chi connectivity index (χ0v) is 12.3. The van der Waals surface area contributed by atoms with Crippen LogP contribution in [0.25, 0.3) is 11.3 Å². The van der Waals surface area contributed by atoms with E-state index in [2.05, 4.69) is 10.2 Å². The number of benzene rings is 2. The molecule has 0 bridgehead atoms. The van der Waals surface area contributed by atoms with E-state index in [0.29, 0.717) is 26.9 Å². The van der Waals surface area contributed by atoms with Gasteiger partial charge in [0.15, 0.2) is 5.78 Å². The minimum atomic E-state index is -0.106. The lowest BCUT2D eigenvalue weighted by Gasteiger charge is -2.03. The van der Waals surface area contributed by atoms with Crippen LogP contribution in [-0.2, 0) is 0 Å². The molecule has 21 heavy (non-hydrogen) atoms. The van der Waals surface area contributed by atoms with Crippen molar-refractivity contribution in [2.24, 2.45) is 0 Å². The van der Waals surface area contributed by atoms with Crippen LogP contribution < -0.4 is 0 Å². The molecule has 3 nitrogen and oxygen atoms in total. The lowest BCUT2D eigenvalue weighted by Crippen LogP contribution is -2.01. The molecule has 104 valence electrons. The normalized spacial score (nSPS) is 10.6. The first-order valence-corrected chi connectivity index (χ1v) is 7.00. The monoisotopic (exact) mass is 316 g/mol. The zero-order valence-electron chi connectivity index (χ0n) is 10.8. The van der Waals surface area contributed by atoms with Crippen molar-refractivity contribution in [1.82, 2.24) is 10.2 Å². The second kappa shape index (κ2) is 5.72. The van der Waals surface area contributed by atoms with Crippen molar-refractivity contribution >= 4 is 29.0 Å². The van der Waals surface area contributed by atoms with Crippen molar-refractivity contribution in [2.45, 2.75) is 0 Å². The maximum atomic E-state index is 12.6. The lowest BCUT2D eigenvalue weighted by molar-refractivity contribution is 0.103. The van der Waals surface area contributed by atoms with Gasteiger partial charge in [-0.25, -0.2) is 0 Å². The molecule has 0 unspecified atom stereocenters. The van der Waals surface area contributed by atoms with Crippen LogP contribution >= 0.6 is 23.2 Å². The molecule has 5 heteroatoms. The molecule has 3 aromatic rings. The lowest BCUT2D eigenvalue weighted by atomic mass is 10.0. The van der Waals surface area contributed by atoms with E-state index in [-0.39, 0.29) is 5.78 Å². The Kier molecular flexibility index (Phi) is 3.78. The van der Waals surface area contributed by atoms with Crippen LogP contribution in [-0.4, -0.2) is 16.0 Å². The van der Waals surface area contributed by atoms with Gasteiger partial charge in [0.1, 0.15) is 0 Å². The molecule has 0 amide bonds. The Bertz CT molecular complexity index is 777. The Morgan fingerprint density at radius 2 is 1.48 bits per heavy atom. The molecule has 1 heterocycles. The number of hydrogen-bond donors (Lipinski definition) is 1. The molecule has 3 rings (SSSR count). The van der Waals surface area contributed by atoms with Gasteiger partial charge >= 0.3 is 0 Å². The van der Waals surface area contributed by atoms with Crippen molar-refractivity contribution in [3.05, 3.63) is 75.9 Å². The highest BCUT2D eigenvalue weighted by Gasteiger charge is 2.16. The van der Waals surface area contributed by atoms with Crippen LogP contribution in [0.5, 0.6) is 0 Å². The number of hydrogen-bond acceptors (Lipinski definition) is 2. The molecule has 0 aliphatic rings. The van der Waals surface area contributed by atoms with E-state index in [1.165, 1.54) is 6.20 Å². The SMILES string of the molecule is O=C(c1ccc(Cl)cc1)c1cn[nH]c1-c1ccc(Cl)cc1. The topological polar surface area (TPSA) is 45.8 Å². The van der Waals surface area contributed by atoms with Crippen LogP contribution in [0.4, 0.5) is 0 Å². The van der Waals surface area contributed by atoms with Crippen molar-refractivity contribution in [2.75, 3.05) is 0 Å². The standard InChI is InChI=1S/C16H10Cl2N2O/c17-12-5-1-10(2-6-12)15-14(9-19-20-15)16(21)11-3-7-13(18)8-4-11/h1-9H,(H,19,20). The summed E-state index contributed by atoms with van der Waals surface area (Å²) in [5, 5.41) is 8.08. The maximum Gasteiger partial charge on any atom is 0.196 e. The number of halogens is 2. The molecule has 0 saturated heterocycles. The summed E-state index contributed by atoms with van der Waals surface area (Å²) >= 11 is 11.7. The molecule has 0 radical (unpaired) electrons. The molecule has 0 atom stereocenters. The van der Waals surface area contributed by atoms with E-state index >= 15 is 0 Å². The number of aromatic nitrogens is 2. The summed E-state index contributed by atoms with van der Waals surface area (Å²) in [6.07, 6.45) is 1.53. The highest BCUT2D eigenvalue weighted by molar-refractivity contribution is 6.31. The Labute approximate surface area is 131 Å². The third-order valence-electron chi connectivity index (χ3n) is 3.12. The zero-order chi connectivity index (χ0) is 14.8. The Morgan fingerprint density at radius 3 is 2.10 bits per heavy atom. The summed E-state index contributed by atoms with van der Waals surface area (Å²) in [5.41, 5.74) is 2.61. The summed E-state index contributed by atoms with van der Waals surface area (Å²) in [6.45, 7) is 0. The molecule has 0 spiro atoms. The van der Waals surface area contributed by atoms with E-state index in [0.717, 1.165) is 5.56 Å². The first-order chi connectivity index (χ1) is 10.1. The predicted molar refractivity (Wildman–Crippen MR) is 83.9 cm³/mol.